The van der Waals surface area contributed by atoms with Crippen LogP contribution in [-0.2, 0) is 17.5 Å². The van der Waals surface area contributed by atoms with Crippen molar-refractivity contribution >= 4 is 5.91 Å². The molecule has 1 amide bonds. The van der Waals surface area contributed by atoms with Gasteiger partial charge in [0.05, 0.1) is 0 Å². The lowest BCUT2D eigenvalue weighted by Crippen LogP contribution is -2.39. The van der Waals surface area contributed by atoms with Gasteiger partial charge in [-0.05, 0) is 24.5 Å². The van der Waals surface area contributed by atoms with Gasteiger partial charge in [-0.1, -0.05) is 6.07 Å². The number of hydrogen-bond acceptors (Lipinski definition) is 3. The molecule has 0 aliphatic heterocycles. The van der Waals surface area contributed by atoms with Gasteiger partial charge in [-0.15, -0.1) is 0 Å². The molecule has 0 spiro atoms. The van der Waals surface area contributed by atoms with Gasteiger partial charge in [0, 0.05) is 25.7 Å². The van der Waals surface area contributed by atoms with Crippen molar-refractivity contribution in [2.75, 3.05) is 7.05 Å². The van der Waals surface area contributed by atoms with Gasteiger partial charge < -0.3 is 0 Å². The molecule has 1 aromatic rings. The number of amides is 1. The highest BCUT2D eigenvalue weighted by Gasteiger charge is 2.33. The van der Waals surface area contributed by atoms with Crippen molar-refractivity contribution in [2.45, 2.75) is 25.6 Å². The van der Waals surface area contributed by atoms with E-state index in [-0.39, 0.29) is 18.4 Å². The minimum absolute atomic E-state index is 0.0138. The largest absolute Gasteiger partial charge is 0.433 e. The van der Waals surface area contributed by atoms with E-state index in [2.05, 4.69) is 10.4 Å². The molecule has 0 bridgehead atoms. The summed E-state index contributed by atoms with van der Waals surface area (Å²) in [5.41, 5.74) is 2.51. The molecule has 1 fully saturated rings. The van der Waals surface area contributed by atoms with E-state index in [4.69, 9.17) is 0 Å². The minimum atomic E-state index is -4.43. The zero-order valence-corrected chi connectivity index (χ0v) is 10.4. The number of carbonyl (C=O) groups is 1. The topological polar surface area (TPSA) is 45.2 Å². The molecule has 0 saturated heterocycles. The number of nitrogens with zero attached hydrogens (tertiary/aromatic N) is 2. The Balaban J connectivity index is 1.87. The lowest BCUT2D eigenvalue weighted by molar-refractivity contribution is -0.141. The zero-order valence-electron chi connectivity index (χ0n) is 10.4. The fourth-order valence-electron chi connectivity index (χ4n) is 1.59. The van der Waals surface area contributed by atoms with Gasteiger partial charge in [0.1, 0.15) is 5.69 Å². The average Bonchev–Trinajstić information content (AvgIpc) is 3.18. The van der Waals surface area contributed by atoms with Gasteiger partial charge in [0.15, 0.2) is 0 Å². The number of halogens is 3. The summed E-state index contributed by atoms with van der Waals surface area (Å²) in [4.78, 5) is 15.0. The van der Waals surface area contributed by atoms with E-state index in [9.17, 15) is 18.0 Å². The van der Waals surface area contributed by atoms with Crippen molar-refractivity contribution in [3.63, 3.8) is 0 Å². The SMILES string of the molecule is CN(NCc1ccc(C(F)(F)F)nc1)C(=O)C1CC1. The molecule has 19 heavy (non-hydrogen) atoms. The van der Waals surface area contributed by atoms with Crippen LogP contribution in [0.15, 0.2) is 18.3 Å². The van der Waals surface area contributed by atoms with Crippen molar-refractivity contribution in [1.29, 1.82) is 0 Å². The van der Waals surface area contributed by atoms with Crippen molar-refractivity contribution < 1.29 is 18.0 Å². The summed E-state index contributed by atoms with van der Waals surface area (Å²) in [7, 11) is 1.61. The number of aromatic nitrogens is 1. The van der Waals surface area contributed by atoms with Crippen LogP contribution in [-0.4, -0.2) is 22.9 Å². The monoisotopic (exact) mass is 273 g/mol. The Bertz CT molecular complexity index is 454. The van der Waals surface area contributed by atoms with Crippen LogP contribution in [0.2, 0.25) is 0 Å². The third-order valence-corrected chi connectivity index (χ3v) is 2.89. The molecule has 0 aromatic carbocycles. The smallest absolute Gasteiger partial charge is 0.281 e. The lowest BCUT2D eigenvalue weighted by Gasteiger charge is -2.18. The van der Waals surface area contributed by atoms with Crippen LogP contribution in [0.4, 0.5) is 13.2 Å². The maximum absolute atomic E-state index is 12.3. The molecule has 0 radical (unpaired) electrons. The van der Waals surface area contributed by atoms with Gasteiger partial charge in [-0.25, -0.2) is 5.43 Å². The Morgan fingerprint density at radius 3 is 2.63 bits per heavy atom. The molecule has 1 heterocycles. The van der Waals surface area contributed by atoms with Crippen LogP contribution >= 0.6 is 0 Å². The first kappa shape index (κ1) is 13.8. The van der Waals surface area contributed by atoms with Crippen molar-refractivity contribution in [1.82, 2.24) is 15.4 Å². The van der Waals surface area contributed by atoms with Crippen LogP contribution in [0.25, 0.3) is 0 Å². The first-order chi connectivity index (χ1) is 8.88. The van der Waals surface area contributed by atoms with Gasteiger partial charge >= 0.3 is 6.18 Å². The summed E-state index contributed by atoms with van der Waals surface area (Å²) in [5.74, 6) is 0.114. The van der Waals surface area contributed by atoms with Gasteiger partial charge in [0.2, 0.25) is 5.91 Å². The summed E-state index contributed by atoms with van der Waals surface area (Å²) in [5, 5.41) is 1.38. The number of carbonyl (C=O) groups excluding carboxylic acids is 1. The quantitative estimate of drug-likeness (QED) is 0.853. The molecule has 4 nitrogen and oxygen atoms in total. The number of hydrogen-bond donors (Lipinski definition) is 1. The van der Waals surface area contributed by atoms with Crippen LogP contribution in [0.5, 0.6) is 0 Å². The van der Waals surface area contributed by atoms with E-state index < -0.39 is 11.9 Å². The highest BCUT2D eigenvalue weighted by atomic mass is 19.4. The molecular weight excluding hydrogens is 259 g/mol. The highest BCUT2D eigenvalue weighted by Crippen LogP contribution is 2.30. The number of alkyl halides is 3. The molecule has 1 N–H and O–H groups in total. The average molecular weight is 273 g/mol. The van der Waals surface area contributed by atoms with Gasteiger partial charge in [0.25, 0.3) is 0 Å². The van der Waals surface area contributed by atoms with Crippen LogP contribution in [0.3, 0.4) is 0 Å². The van der Waals surface area contributed by atoms with Crippen molar-refractivity contribution in [3.8, 4) is 0 Å². The number of rotatable bonds is 4. The summed E-state index contributed by atoms with van der Waals surface area (Å²) >= 11 is 0. The predicted octanol–water partition coefficient (Wildman–Crippen LogP) is 1.97. The Hall–Kier alpha value is -1.63. The second-order valence-electron chi connectivity index (χ2n) is 4.56. The number of nitrogens with one attached hydrogen (secondary N) is 1. The third-order valence-electron chi connectivity index (χ3n) is 2.89. The second-order valence-corrected chi connectivity index (χ2v) is 4.56. The fraction of sp³-hybridized carbons (Fsp3) is 0.500. The number of hydrazine groups is 1. The Morgan fingerprint density at radius 2 is 2.16 bits per heavy atom. The number of pyridine rings is 1. The highest BCUT2D eigenvalue weighted by molar-refractivity contribution is 5.80. The molecule has 1 saturated carbocycles. The summed E-state index contributed by atoms with van der Waals surface area (Å²) in [6.07, 6.45) is -1.45. The maximum Gasteiger partial charge on any atom is 0.433 e. The van der Waals surface area contributed by atoms with Crippen LogP contribution in [0.1, 0.15) is 24.1 Å². The normalized spacial score (nSPS) is 15.4. The van der Waals surface area contributed by atoms with Gasteiger partial charge in [-0.3, -0.25) is 14.8 Å². The Morgan fingerprint density at radius 1 is 1.47 bits per heavy atom. The standard InChI is InChI=1S/C12H14F3N3O/c1-18(11(19)9-3-4-9)17-7-8-2-5-10(16-6-8)12(13,14)15/h2,5-6,9,17H,3-4,7H2,1H3. The van der Waals surface area contributed by atoms with E-state index in [0.717, 1.165) is 25.1 Å². The first-order valence-electron chi connectivity index (χ1n) is 5.91. The third kappa shape index (κ3) is 3.66. The van der Waals surface area contributed by atoms with E-state index in [1.807, 2.05) is 0 Å². The summed E-state index contributed by atoms with van der Waals surface area (Å²) in [6.45, 7) is 0.264. The molecule has 7 heteroatoms. The molecule has 1 aliphatic rings. The fourth-order valence-corrected chi connectivity index (χ4v) is 1.59. The molecule has 0 atom stereocenters. The van der Waals surface area contributed by atoms with Gasteiger partial charge in [-0.2, -0.15) is 13.2 Å². The molecule has 1 aliphatic carbocycles. The lowest BCUT2D eigenvalue weighted by atomic mass is 10.2. The van der Waals surface area contributed by atoms with E-state index in [1.54, 1.807) is 7.05 Å². The Kier molecular flexibility index (Phi) is 3.75. The summed E-state index contributed by atoms with van der Waals surface area (Å²) in [6, 6.07) is 2.28. The first-order valence-corrected chi connectivity index (χ1v) is 5.91. The molecule has 2 rings (SSSR count). The van der Waals surface area contributed by atoms with Crippen LogP contribution in [0, 0.1) is 5.92 Å². The van der Waals surface area contributed by atoms with E-state index in [0.29, 0.717) is 5.56 Å². The predicted molar refractivity (Wildman–Crippen MR) is 61.6 cm³/mol. The molecule has 1 aromatic heterocycles. The minimum Gasteiger partial charge on any atom is -0.281 e. The maximum atomic E-state index is 12.3. The van der Waals surface area contributed by atoms with Crippen molar-refractivity contribution in [2.24, 2.45) is 5.92 Å². The second kappa shape index (κ2) is 5.16. The zero-order chi connectivity index (χ0) is 14.0. The Labute approximate surface area is 108 Å². The van der Waals surface area contributed by atoms with E-state index in [1.165, 1.54) is 11.1 Å². The molecule has 104 valence electrons. The summed E-state index contributed by atoms with van der Waals surface area (Å²) < 4.78 is 36.9. The van der Waals surface area contributed by atoms with Crippen molar-refractivity contribution in [3.05, 3.63) is 29.6 Å². The van der Waals surface area contributed by atoms with Crippen LogP contribution < -0.4 is 5.43 Å². The molecular formula is C12H14F3N3O. The molecule has 0 unspecified atom stereocenters. The van der Waals surface area contributed by atoms with E-state index >= 15 is 0 Å².